The van der Waals surface area contributed by atoms with E-state index >= 15 is 0 Å². The second kappa shape index (κ2) is 8.32. The minimum absolute atomic E-state index is 0.153. The van der Waals surface area contributed by atoms with Gasteiger partial charge in [-0.1, -0.05) is 6.92 Å². The highest BCUT2D eigenvalue weighted by Crippen LogP contribution is 2.17. The van der Waals surface area contributed by atoms with Crippen molar-refractivity contribution >= 4 is 6.03 Å². The highest BCUT2D eigenvalue weighted by Gasteiger charge is 2.23. The van der Waals surface area contributed by atoms with Gasteiger partial charge < -0.3 is 20.3 Å². The van der Waals surface area contributed by atoms with Crippen LogP contribution in [0.15, 0.2) is 0 Å². The zero-order valence-electron chi connectivity index (χ0n) is 11.7. The van der Waals surface area contributed by atoms with E-state index in [1.165, 1.54) is 0 Å². The van der Waals surface area contributed by atoms with E-state index < -0.39 is 0 Å². The number of ether oxygens (including phenoxy) is 1. The molecule has 2 N–H and O–H groups in total. The number of rotatable bonds is 6. The van der Waals surface area contributed by atoms with Gasteiger partial charge in [0.1, 0.15) is 0 Å². The normalized spacial score (nSPS) is 16.9. The summed E-state index contributed by atoms with van der Waals surface area (Å²) in [4.78, 5) is 16.1. The largest absolute Gasteiger partial charge is 0.378 e. The summed E-state index contributed by atoms with van der Waals surface area (Å²) in [5.74, 6) is 0.747. The molecule has 18 heavy (non-hydrogen) atoms. The Bertz CT molecular complexity index is 240. The van der Waals surface area contributed by atoms with E-state index in [-0.39, 0.29) is 6.03 Å². The number of nitrogens with two attached hydrogens (primary N) is 1. The summed E-state index contributed by atoms with van der Waals surface area (Å²) < 4.78 is 5.33. The maximum absolute atomic E-state index is 12.3. The molecule has 1 heterocycles. The maximum atomic E-state index is 12.3. The van der Waals surface area contributed by atoms with Gasteiger partial charge in [0.15, 0.2) is 0 Å². The molecule has 5 heteroatoms. The number of likely N-dealkylation sites (N-methyl/N-ethyl adjacent to an activating group) is 1. The average Bonchev–Trinajstić information content (AvgIpc) is 2.39. The molecule has 1 aliphatic heterocycles. The number of carbonyl (C=O) groups is 1. The lowest BCUT2D eigenvalue weighted by Crippen LogP contribution is -2.47. The van der Waals surface area contributed by atoms with Crippen molar-refractivity contribution in [3.63, 3.8) is 0 Å². The van der Waals surface area contributed by atoms with Gasteiger partial charge in [-0.2, -0.15) is 0 Å². The third-order valence-electron chi connectivity index (χ3n) is 3.47. The molecule has 0 unspecified atom stereocenters. The minimum Gasteiger partial charge on any atom is -0.378 e. The van der Waals surface area contributed by atoms with Gasteiger partial charge in [-0.05, 0) is 25.7 Å². The Hall–Kier alpha value is -0.810. The Kier molecular flexibility index (Phi) is 7.05. The predicted octanol–water partition coefficient (Wildman–Crippen LogP) is 1.14. The van der Waals surface area contributed by atoms with Crippen LogP contribution in [0, 0.1) is 5.92 Å². The van der Waals surface area contributed by atoms with Gasteiger partial charge in [-0.15, -0.1) is 0 Å². The van der Waals surface area contributed by atoms with Crippen LogP contribution in [-0.2, 0) is 4.74 Å². The monoisotopic (exact) mass is 257 g/mol. The van der Waals surface area contributed by atoms with Gasteiger partial charge in [0.25, 0.3) is 0 Å². The van der Waals surface area contributed by atoms with Crippen molar-refractivity contribution < 1.29 is 9.53 Å². The highest BCUT2D eigenvalue weighted by atomic mass is 16.5. The van der Waals surface area contributed by atoms with Crippen molar-refractivity contribution in [2.75, 3.05) is 45.9 Å². The third-order valence-corrected chi connectivity index (χ3v) is 3.47. The molecule has 106 valence electrons. The molecule has 1 fully saturated rings. The molecule has 0 aromatic rings. The molecule has 0 bridgehead atoms. The quantitative estimate of drug-likeness (QED) is 0.726. The smallest absolute Gasteiger partial charge is 0.320 e. The first-order valence-electron chi connectivity index (χ1n) is 7.00. The van der Waals surface area contributed by atoms with Crippen molar-refractivity contribution in [2.24, 2.45) is 11.7 Å². The summed E-state index contributed by atoms with van der Waals surface area (Å²) in [6.07, 6.45) is 2.24. The number of piperidine rings is 1. The molecule has 0 spiro atoms. The van der Waals surface area contributed by atoms with Gasteiger partial charge in [-0.3, -0.25) is 0 Å². The van der Waals surface area contributed by atoms with E-state index in [1.807, 2.05) is 16.7 Å². The van der Waals surface area contributed by atoms with Crippen molar-refractivity contribution in [3.8, 4) is 0 Å². The number of urea groups is 1. The van der Waals surface area contributed by atoms with Crippen LogP contribution < -0.4 is 5.73 Å². The predicted molar refractivity (Wildman–Crippen MR) is 72.5 cm³/mol. The van der Waals surface area contributed by atoms with Gasteiger partial charge in [-0.25, -0.2) is 4.79 Å². The van der Waals surface area contributed by atoms with Crippen LogP contribution in [0.25, 0.3) is 0 Å². The fourth-order valence-corrected chi connectivity index (χ4v) is 2.15. The zero-order valence-corrected chi connectivity index (χ0v) is 11.7. The number of carbonyl (C=O) groups excluding carboxylic acids is 1. The fourth-order valence-electron chi connectivity index (χ4n) is 2.15. The molecular formula is C13H27N3O2. The Labute approximate surface area is 110 Å². The third kappa shape index (κ3) is 4.82. The van der Waals surface area contributed by atoms with Gasteiger partial charge >= 0.3 is 6.03 Å². The molecule has 0 saturated carbocycles. The van der Waals surface area contributed by atoms with Crippen LogP contribution >= 0.6 is 0 Å². The van der Waals surface area contributed by atoms with Crippen LogP contribution in [0.5, 0.6) is 0 Å². The first kappa shape index (κ1) is 15.2. The Morgan fingerprint density at radius 3 is 2.61 bits per heavy atom. The second-order valence-corrected chi connectivity index (χ2v) is 4.93. The molecular weight excluding hydrogens is 230 g/mol. The molecule has 5 nitrogen and oxygen atoms in total. The lowest BCUT2D eigenvalue weighted by molar-refractivity contribution is 0.0983. The average molecular weight is 257 g/mol. The Morgan fingerprint density at radius 1 is 1.39 bits per heavy atom. The second-order valence-electron chi connectivity index (χ2n) is 4.93. The highest BCUT2D eigenvalue weighted by molar-refractivity contribution is 5.74. The van der Waals surface area contributed by atoms with Crippen molar-refractivity contribution in [1.82, 2.24) is 9.80 Å². The molecule has 0 aromatic carbocycles. The number of hydrogen-bond donors (Lipinski definition) is 1. The SMILES string of the molecule is CCN(CCOCCN)C(=O)N1CCC(C)CC1. The van der Waals surface area contributed by atoms with Gasteiger partial charge in [0.2, 0.25) is 0 Å². The molecule has 0 atom stereocenters. The van der Waals surface area contributed by atoms with Crippen LogP contribution in [-0.4, -0.2) is 61.8 Å². The van der Waals surface area contributed by atoms with E-state index in [1.54, 1.807) is 0 Å². The van der Waals surface area contributed by atoms with Gasteiger partial charge in [0, 0.05) is 32.7 Å². The zero-order chi connectivity index (χ0) is 13.4. The summed E-state index contributed by atoms with van der Waals surface area (Å²) in [7, 11) is 0. The topological polar surface area (TPSA) is 58.8 Å². The van der Waals surface area contributed by atoms with Crippen molar-refractivity contribution in [3.05, 3.63) is 0 Å². The summed E-state index contributed by atoms with van der Waals surface area (Å²) >= 11 is 0. The minimum atomic E-state index is 0.153. The number of nitrogens with zero attached hydrogens (tertiary/aromatic N) is 2. The summed E-state index contributed by atoms with van der Waals surface area (Å²) in [5, 5.41) is 0. The molecule has 1 aliphatic rings. The first-order valence-corrected chi connectivity index (χ1v) is 7.00. The molecule has 2 amide bonds. The van der Waals surface area contributed by atoms with E-state index in [2.05, 4.69) is 6.92 Å². The maximum Gasteiger partial charge on any atom is 0.320 e. The standard InChI is InChI=1S/C13H27N3O2/c1-3-15(9-11-18-10-6-14)13(17)16-7-4-12(2)5-8-16/h12H,3-11,14H2,1-2H3. The van der Waals surface area contributed by atoms with Crippen LogP contribution in [0.4, 0.5) is 4.79 Å². The molecule has 0 aliphatic carbocycles. The Morgan fingerprint density at radius 2 is 2.06 bits per heavy atom. The van der Waals surface area contributed by atoms with Crippen LogP contribution in [0.2, 0.25) is 0 Å². The van der Waals surface area contributed by atoms with E-state index in [9.17, 15) is 4.79 Å². The lowest BCUT2D eigenvalue weighted by atomic mass is 10.00. The molecule has 0 radical (unpaired) electrons. The fraction of sp³-hybridized carbons (Fsp3) is 0.923. The summed E-state index contributed by atoms with van der Waals surface area (Å²) in [6.45, 7) is 9.09. The summed E-state index contributed by atoms with van der Waals surface area (Å²) in [5.41, 5.74) is 5.35. The Balaban J connectivity index is 2.32. The number of likely N-dealkylation sites (tertiary alicyclic amines) is 1. The van der Waals surface area contributed by atoms with E-state index in [0.717, 1.165) is 38.4 Å². The van der Waals surface area contributed by atoms with E-state index in [0.29, 0.717) is 26.3 Å². The number of amides is 2. The number of hydrogen-bond acceptors (Lipinski definition) is 3. The summed E-state index contributed by atoms with van der Waals surface area (Å²) in [6, 6.07) is 0.153. The molecule has 1 rings (SSSR count). The van der Waals surface area contributed by atoms with Crippen LogP contribution in [0.3, 0.4) is 0 Å². The van der Waals surface area contributed by atoms with Crippen molar-refractivity contribution in [1.29, 1.82) is 0 Å². The van der Waals surface area contributed by atoms with Gasteiger partial charge in [0.05, 0.1) is 13.2 Å². The van der Waals surface area contributed by atoms with E-state index in [4.69, 9.17) is 10.5 Å². The molecule has 1 saturated heterocycles. The first-order chi connectivity index (χ1) is 8.69. The van der Waals surface area contributed by atoms with Crippen molar-refractivity contribution in [2.45, 2.75) is 26.7 Å². The lowest BCUT2D eigenvalue weighted by Gasteiger charge is -2.34. The van der Waals surface area contributed by atoms with Crippen LogP contribution in [0.1, 0.15) is 26.7 Å². The molecule has 0 aromatic heterocycles.